The molecule has 1 heterocycles. The van der Waals surface area contributed by atoms with E-state index in [1.165, 1.54) is 42.6 Å². The van der Waals surface area contributed by atoms with Crippen LogP contribution in [0.5, 0.6) is 11.5 Å². The van der Waals surface area contributed by atoms with Gasteiger partial charge in [-0.3, -0.25) is 24.2 Å². The number of ether oxygens (including phenoxy) is 1. The van der Waals surface area contributed by atoms with Gasteiger partial charge >= 0.3 is 6.18 Å². The number of amides is 2. The summed E-state index contributed by atoms with van der Waals surface area (Å²) in [5.74, 6) is -4.07. The molecule has 0 spiro atoms. The zero-order chi connectivity index (χ0) is 25.0. The number of alkyl halides is 3. The first-order valence-corrected chi connectivity index (χ1v) is 9.64. The third-order valence-electron chi connectivity index (χ3n) is 4.28. The van der Waals surface area contributed by atoms with Crippen LogP contribution in [0.1, 0.15) is 26.4 Å². The van der Waals surface area contributed by atoms with Crippen LogP contribution in [0.4, 0.5) is 18.9 Å². The van der Waals surface area contributed by atoms with Crippen molar-refractivity contribution < 1.29 is 37.1 Å². The van der Waals surface area contributed by atoms with Gasteiger partial charge in [-0.1, -0.05) is 11.6 Å². The number of hydrogen-bond acceptors (Lipinski definition) is 6. The molecule has 3 N–H and O–H groups in total. The lowest BCUT2D eigenvalue weighted by molar-refractivity contribution is -0.137. The average molecular weight is 492 g/mol. The Kier molecular flexibility index (Phi) is 6.97. The van der Waals surface area contributed by atoms with E-state index in [2.05, 4.69) is 10.3 Å². The summed E-state index contributed by atoms with van der Waals surface area (Å²) in [7, 11) is 0. The van der Waals surface area contributed by atoms with Gasteiger partial charge < -0.3 is 15.8 Å². The molecule has 2 aromatic carbocycles. The summed E-state index contributed by atoms with van der Waals surface area (Å²) >= 11 is 5.52. The Morgan fingerprint density at radius 1 is 0.912 bits per heavy atom. The number of primary amides is 1. The van der Waals surface area contributed by atoms with Gasteiger partial charge in [-0.15, -0.1) is 0 Å². The van der Waals surface area contributed by atoms with Crippen LogP contribution < -0.4 is 15.8 Å². The fourth-order valence-corrected chi connectivity index (χ4v) is 2.89. The number of nitrogens with one attached hydrogen (secondary N) is 1. The number of anilines is 1. The van der Waals surface area contributed by atoms with Crippen molar-refractivity contribution >= 4 is 40.7 Å². The molecule has 3 rings (SSSR count). The Bertz CT molecular complexity index is 1290. The van der Waals surface area contributed by atoms with Crippen LogP contribution in [-0.4, -0.2) is 28.4 Å². The number of ketones is 2. The Morgan fingerprint density at radius 2 is 1.59 bits per heavy atom. The number of benzene rings is 2. The van der Waals surface area contributed by atoms with Crippen molar-refractivity contribution in [2.24, 2.45) is 5.73 Å². The van der Waals surface area contributed by atoms with Gasteiger partial charge in [-0.05, 0) is 48.5 Å². The molecule has 34 heavy (non-hydrogen) atoms. The zero-order valence-corrected chi connectivity index (χ0v) is 17.6. The molecule has 0 atom stereocenters. The Balaban J connectivity index is 1.69. The molecule has 0 aliphatic rings. The molecular weight excluding hydrogens is 479 g/mol. The van der Waals surface area contributed by atoms with Crippen molar-refractivity contribution in [1.29, 1.82) is 0 Å². The van der Waals surface area contributed by atoms with E-state index in [9.17, 15) is 32.3 Å². The van der Waals surface area contributed by atoms with Gasteiger partial charge in [0.2, 0.25) is 0 Å². The van der Waals surface area contributed by atoms with Crippen LogP contribution in [0.2, 0.25) is 5.02 Å². The predicted octanol–water partition coefficient (Wildman–Crippen LogP) is 4.04. The zero-order valence-electron chi connectivity index (χ0n) is 16.9. The number of nitrogens with two attached hydrogens (primary N) is 1. The van der Waals surface area contributed by atoms with Crippen LogP contribution in [0, 0.1) is 0 Å². The molecule has 12 heteroatoms. The first-order valence-electron chi connectivity index (χ1n) is 9.26. The minimum absolute atomic E-state index is 0.162. The lowest BCUT2D eigenvalue weighted by Gasteiger charge is -2.11. The quantitative estimate of drug-likeness (QED) is 0.379. The fraction of sp³-hybridized carbons (Fsp3) is 0.0455. The second kappa shape index (κ2) is 9.71. The van der Waals surface area contributed by atoms with Crippen molar-refractivity contribution in [1.82, 2.24) is 4.98 Å². The summed E-state index contributed by atoms with van der Waals surface area (Å²) < 4.78 is 44.5. The van der Waals surface area contributed by atoms with Gasteiger partial charge in [-0.25, -0.2) is 0 Å². The van der Waals surface area contributed by atoms with Crippen LogP contribution in [0.15, 0.2) is 60.8 Å². The molecule has 0 radical (unpaired) electrons. The Labute approximate surface area is 194 Å². The van der Waals surface area contributed by atoms with Crippen molar-refractivity contribution in [2.75, 3.05) is 5.32 Å². The minimum atomic E-state index is -4.79. The Morgan fingerprint density at radius 3 is 2.21 bits per heavy atom. The van der Waals surface area contributed by atoms with Crippen LogP contribution in [0.3, 0.4) is 0 Å². The summed E-state index contributed by atoms with van der Waals surface area (Å²) in [6.07, 6.45) is -3.55. The maximum Gasteiger partial charge on any atom is 0.417 e. The first kappa shape index (κ1) is 24.4. The van der Waals surface area contributed by atoms with E-state index in [-0.39, 0.29) is 22.9 Å². The molecule has 0 bridgehead atoms. The highest BCUT2D eigenvalue weighted by Crippen LogP contribution is 2.35. The van der Waals surface area contributed by atoms with E-state index >= 15 is 0 Å². The molecule has 1 aromatic heterocycles. The van der Waals surface area contributed by atoms with Gasteiger partial charge in [0.15, 0.2) is 0 Å². The number of aromatic nitrogens is 1. The lowest BCUT2D eigenvalue weighted by Crippen LogP contribution is -2.23. The highest BCUT2D eigenvalue weighted by atomic mass is 35.5. The molecule has 2 amide bonds. The van der Waals surface area contributed by atoms with E-state index in [1.807, 2.05) is 0 Å². The molecule has 0 fully saturated rings. The van der Waals surface area contributed by atoms with Crippen molar-refractivity contribution in [3.05, 3.63) is 82.6 Å². The fourth-order valence-electron chi connectivity index (χ4n) is 2.67. The van der Waals surface area contributed by atoms with Gasteiger partial charge in [0.25, 0.3) is 23.4 Å². The van der Waals surface area contributed by atoms with Crippen LogP contribution >= 0.6 is 11.6 Å². The monoisotopic (exact) mass is 491 g/mol. The third-order valence-corrected chi connectivity index (χ3v) is 4.61. The molecule has 0 saturated heterocycles. The maximum atomic E-state index is 13.0. The van der Waals surface area contributed by atoms with Crippen molar-refractivity contribution in [2.45, 2.75) is 6.18 Å². The van der Waals surface area contributed by atoms with Crippen LogP contribution in [-0.2, 0) is 15.8 Å². The number of hydrogen-bond donors (Lipinski definition) is 2. The summed E-state index contributed by atoms with van der Waals surface area (Å²) in [5.41, 5.74) is 3.18. The van der Waals surface area contributed by atoms with Gasteiger partial charge in [0.05, 0.1) is 10.6 Å². The molecule has 0 saturated carbocycles. The summed E-state index contributed by atoms with van der Waals surface area (Å²) in [4.78, 5) is 50.8. The molecule has 3 aromatic rings. The lowest BCUT2D eigenvalue weighted by atomic mass is 10.1. The third kappa shape index (κ3) is 5.75. The standard InChI is InChI=1S/C22H13ClF3N3O5/c23-16-6-1-11(9-15(16)22(24,25)26)18(30)21(33)29-12-2-4-13(5-3-12)34-14-7-8-28-17(10-14)19(31)20(27)32/h1-10H,(H2,27,32)(H,29,33). The number of carbonyl (C=O) groups is 4. The number of rotatable bonds is 7. The highest BCUT2D eigenvalue weighted by molar-refractivity contribution is 6.46. The minimum Gasteiger partial charge on any atom is -0.457 e. The SMILES string of the molecule is NC(=O)C(=O)c1cc(Oc2ccc(NC(=O)C(=O)c3ccc(Cl)c(C(F)(F)F)c3)cc2)ccn1. The van der Waals surface area contributed by atoms with Gasteiger partial charge in [-0.2, -0.15) is 13.2 Å². The van der Waals surface area contributed by atoms with E-state index in [1.54, 1.807) is 0 Å². The second-order valence-electron chi connectivity index (χ2n) is 6.67. The number of Topliss-reactive ketones (excluding diaryl/α,β-unsaturated/α-hetero) is 2. The smallest absolute Gasteiger partial charge is 0.417 e. The summed E-state index contributed by atoms with van der Waals surface area (Å²) in [6.45, 7) is 0. The topological polar surface area (TPSA) is 128 Å². The molecule has 0 unspecified atom stereocenters. The van der Waals surface area contributed by atoms with Crippen molar-refractivity contribution in [3.63, 3.8) is 0 Å². The Hall–Kier alpha value is -4.25. The summed E-state index contributed by atoms with van der Waals surface area (Å²) in [6, 6.07) is 10.6. The molecule has 0 aliphatic heterocycles. The molecule has 174 valence electrons. The molecular formula is C22H13ClF3N3O5. The van der Waals surface area contributed by atoms with Gasteiger partial charge in [0.1, 0.15) is 17.2 Å². The van der Waals surface area contributed by atoms with E-state index < -0.39 is 45.7 Å². The van der Waals surface area contributed by atoms with E-state index in [0.717, 1.165) is 12.1 Å². The van der Waals surface area contributed by atoms with E-state index in [4.69, 9.17) is 22.1 Å². The normalized spacial score (nSPS) is 10.9. The highest BCUT2D eigenvalue weighted by Gasteiger charge is 2.34. The van der Waals surface area contributed by atoms with E-state index in [0.29, 0.717) is 6.07 Å². The van der Waals surface area contributed by atoms with Crippen LogP contribution in [0.25, 0.3) is 0 Å². The maximum absolute atomic E-state index is 13.0. The van der Waals surface area contributed by atoms with Crippen molar-refractivity contribution in [3.8, 4) is 11.5 Å². The first-order chi connectivity index (χ1) is 16.0. The number of carbonyl (C=O) groups excluding carboxylic acids is 4. The second-order valence-corrected chi connectivity index (χ2v) is 7.08. The average Bonchev–Trinajstić information content (AvgIpc) is 2.79. The molecule has 8 nitrogen and oxygen atoms in total. The number of halogens is 4. The molecule has 0 aliphatic carbocycles. The largest absolute Gasteiger partial charge is 0.457 e. The number of pyridine rings is 1. The summed E-state index contributed by atoms with van der Waals surface area (Å²) in [5, 5.41) is 1.68. The predicted molar refractivity (Wildman–Crippen MR) is 114 cm³/mol. The van der Waals surface area contributed by atoms with Gasteiger partial charge in [0, 0.05) is 23.5 Å². The number of nitrogens with zero attached hydrogens (tertiary/aromatic N) is 1.